The number of benzene rings is 1. The Labute approximate surface area is 122 Å². The van der Waals surface area contributed by atoms with Crippen molar-refractivity contribution in [3.63, 3.8) is 0 Å². The Kier molecular flexibility index (Phi) is 8.33. The summed E-state index contributed by atoms with van der Waals surface area (Å²) in [6.07, 6.45) is 5.08. The van der Waals surface area contributed by atoms with Gasteiger partial charge in [0.15, 0.2) is 11.6 Å². The highest BCUT2D eigenvalue weighted by atomic mass is 127. The van der Waals surface area contributed by atoms with E-state index in [1.165, 1.54) is 43.3 Å². The van der Waals surface area contributed by atoms with Crippen LogP contribution in [0.2, 0.25) is 0 Å². The van der Waals surface area contributed by atoms with Crippen LogP contribution in [0.15, 0.2) is 18.2 Å². The van der Waals surface area contributed by atoms with Crippen molar-refractivity contribution in [3.05, 3.63) is 29.6 Å². The maximum absolute atomic E-state index is 13.4. The van der Waals surface area contributed by atoms with Crippen molar-refractivity contribution < 1.29 is 9.13 Å². The zero-order chi connectivity index (χ0) is 13.2. The van der Waals surface area contributed by atoms with Crippen LogP contribution < -0.4 is 10.1 Å². The van der Waals surface area contributed by atoms with Gasteiger partial charge in [0.2, 0.25) is 0 Å². The molecule has 0 aromatic heterocycles. The smallest absolute Gasteiger partial charge is 0.165 e. The molecular weight excluding hydrogens is 344 g/mol. The monoisotopic (exact) mass is 365 g/mol. The van der Waals surface area contributed by atoms with E-state index in [1.807, 2.05) is 6.07 Å². The predicted molar refractivity (Wildman–Crippen MR) is 82.0 cm³/mol. The number of unbranched alkanes of at least 4 members (excludes halogenated alkanes) is 3. The summed E-state index contributed by atoms with van der Waals surface area (Å²) in [7, 11) is 1.48. The van der Waals surface area contributed by atoms with Crippen LogP contribution in [0.1, 0.15) is 31.2 Å². The topological polar surface area (TPSA) is 21.3 Å². The zero-order valence-corrected chi connectivity index (χ0v) is 13.0. The lowest BCUT2D eigenvalue weighted by molar-refractivity contribution is 0.386. The first-order valence-corrected chi connectivity index (χ1v) is 7.89. The molecular formula is C14H21FINO. The summed E-state index contributed by atoms with van der Waals surface area (Å²) in [5.74, 6) is 0.0106. The maximum atomic E-state index is 13.4. The minimum absolute atomic E-state index is 0.293. The number of nitrogens with one attached hydrogen (secondary N) is 1. The average Bonchev–Trinajstić information content (AvgIpc) is 2.38. The van der Waals surface area contributed by atoms with Crippen LogP contribution in [0.3, 0.4) is 0 Å². The van der Waals surface area contributed by atoms with Gasteiger partial charge in [0.1, 0.15) is 0 Å². The fraction of sp³-hybridized carbons (Fsp3) is 0.571. The molecule has 0 bridgehead atoms. The summed E-state index contributed by atoms with van der Waals surface area (Å²) >= 11 is 2.41. The average molecular weight is 365 g/mol. The molecule has 102 valence electrons. The molecule has 0 amide bonds. The van der Waals surface area contributed by atoms with E-state index in [0.717, 1.165) is 12.1 Å². The van der Waals surface area contributed by atoms with Gasteiger partial charge in [0.05, 0.1) is 7.11 Å². The first-order chi connectivity index (χ1) is 8.77. The normalized spacial score (nSPS) is 10.6. The summed E-state index contributed by atoms with van der Waals surface area (Å²) in [6, 6.07) is 5.10. The largest absolute Gasteiger partial charge is 0.494 e. The van der Waals surface area contributed by atoms with E-state index in [4.69, 9.17) is 4.74 Å². The Balaban J connectivity index is 2.17. The van der Waals surface area contributed by atoms with Gasteiger partial charge in [-0.2, -0.15) is 0 Å². The minimum Gasteiger partial charge on any atom is -0.494 e. The van der Waals surface area contributed by atoms with Gasteiger partial charge in [0.25, 0.3) is 0 Å². The second-order valence-electron chi connectivity index (χ2n) is 4.25. The van der Waals surface area contributed by atoms with Crippen LogP contribution in [0, 0.1) is 5.82 Å². The number of hydrogen-bond acceptors (Lipinski definition) is 2. The molecule has 1 N–H and O–H groups in total. The molecule has 0 fully saturated rings. The first-order valence-electron chi connectivity index (χ1n) is 6.37. The Morgan fingerprint density at radius 2 is 2.00 bits per heavy atom. The third-order valence-electron chi connectivity index (χ3n) is 2.78. The lowest BCUT2D eigenvalue weighted by Gasteiger charge is -2.07. The van der Waals surface area contributed by atoms with Crippen LogP contribution in [0.5, 0.6) is 5.75 Å². The highest BCUT2D eigenvalue weighted by Gasteiger charge is 2.02. The van der Waals surface area contributed by atoms with E-state index in [0.29, 0.717) is 12.3 Å². The first kappa shape index (κ1) is 15.7. The van der Waals surface area contributed by atoms with Gasteiger partial charge in [-0.05, 0) is 41.5 Å². The molecule has 1 aromatic rings. The molecule has 0 atom stereocenters. The molecule has 0 aliphatic heterocycles. The number of rotatable bonds is 9. The van der Waals surface area contributed by atoms with Gasteiger partial charge in [-0.1, -0.05) is 41.5 Å². The Morgan fingerprint density at radius 1 is 1.22 bits per heavy atom. The van der Waals surface area contributed by atoms with Crippen molar-refractivity contribution in [1.82, 2.24) is 5.32 Å². The van der Waals surface area contributed by atoms with Gasteiger partial charge >= 0.3 is 0 Å². The molecule has 0 unspecified atom stereocenters. The number of methoxy groups -OCH3 is 1. The Morgan fingerprint density at radius 3 is 2.67 bits per heavy atom. The fourth-order valence-corrected chi connectivity index (χ4v) is 2.29. The minimum atomic E-state index is -0.293. The molecule has 0 saturated carbocycles. The van der Waals surface area contributed by atoms with E-state index < -0.39 is 0 Å². The molecule has 0 radical (unpaired) electrons. The molecule has 4 heteroatoms. The van der Waals surface area contributed by atoms with Gasteiger partial charge < -0.3 is 10.1 Å². The van der Waals surface area contributed by atoms with Gasteiger partial charge in [0, 0.05) is 6.54 Å². The summed E-state index contributed by atoms with van der Waals surface area (Å²) in [5, 5.41) is 3.33. The molecule has 0 aliphatic carbocycles. The molecule has 2 nitrogen and oxygen atoms in total. The van der Waals surface area contributed by atoms with Crippen molar-refractivity contribution in [2.75, 3.05) is 18.1 Å². The van der Waals surface area contributed by atoms with E-state index in [2.05, 4.69) is 27.9 Å². The highest BCUT2D eigenvalue weighted by Crippen LogP contribution is 2.17. The van der Waals surface area contributed by atoms with Crippen molar-refractivity contribution in [3.8, 4) is 5.75 Å². The standard InChI is InChI=1S/C14H21FINO/c1-18-14-7-6-12(10-13(14)15)11-17-9-5-3-2-4-8-16/h6-7,10,17H,2-5,8-9,11H2,1H3. The van der Waals surface area contributed by atoms with Crippen LogP contribution in [0.25, 0.3) is 0 Å². The van der Waals surface area contributed by atoms with Crippen molar-refractivity contribution in [2.45, 2.75) is 32.2 Å². The molecule has 1 rings (SSSR count). The third-order valence-corrected chi connectivity index (χ3v) is 3.55. The second-order valence-corrected chi connectivity index (χ2v) is 5.33. The molecule has 1 aromatic carbocycles. The summed E-state index contributed by atoms with van der Waals surface area (Å²) < 4.78 is 19.5. The van der Waals surface area contributed by atoms with Gasteiger partial charge in [-0.25, -0.2) is 4.39 Å². The summed E-state index contributed by atoms with van der Waals surface area (Å²) in [6.45, 7) is 1.71. The van der Waals surface area contributed by atoms with Crippen LogP contribution >= 0.6 is 22.6 Å². The lowest BCUT2D eigenvalue weighted by atomic mass is 10.2. The molecule has 18 heavy (non-hydrogen) atoms. The van der Waals surface area contributed by atoms with E-state index in [-0.39, 0.29) is 5.82 Å². The number of ether oxygens (including phenoxy) is 1. The van der Waals surface area contributed by atoms with Gasteiger partial charge in [-0.3, -0.25) is 0 Å². The molecule has 0 spiro atoms. The maximum Gasteiger partial charge on any atom is 0.165 e. The predicted octanol–water partition coefficient (Wildman–Crippen LogP) is 3.92. The van der Waals surface area contributed by atoms with E-state index in [9.17, 15) is 4.39 Å². The fourth-order valence-electron chi connectivity index (χ4n) is 1.75. The lowest BCUT2D eigenvalue weighted by Crippen LogP contribution is -2.14. The van der Waals surface area contributed by atoms with Crippen molar-refractivity contribution >= 4 is 22.6 Å². The SMILES string of the molecule is COc1ccc(CNCCCCCCI)cc1F. The van der Waals surface area contributed by atoms with Crippen LogP contribution in [-0.4, -0.2) is 18.1 Å². The van der Waals surface area contributed by atoms with Crippen LogP contribution in [0.4, 0.5) is 4.39 Å². The molecule has 0 aliphatic rings. The zero-order valence-electron chi connectivity index (χ0n) is 10.8. The van der Waals surface area contributed by atoms with E-state index in [1.54, 1.807) is 6.07 Å². The Hall–Kier alpha value is -0.360. The van der Waals surface area contributed by atoms with Gasteiger partial charge in [-0.15, -0.1) is 0 Å². The summed E-state index contributed by atoms with van der Waals surface area (Å²) in [5.41, 5.74) is 0.959. The van der Waals surface area contributed by atoms with Crippen molar-refractivity contribution in [1.29, 1.82) is 0 Å². The Bertz CT molecular complexity index is 347. The van der Waals surface area contributed by atoms with Crippen molar-refractivity contribution in [2.24, 2.45) is 0 Å². The number of hydrogen-bond donors (Lipinski definition) is 1. The third kappa shape index (κ3) is 6.00. The molecule has 0 saturated heterocycles. The summed E-state index contributed by atoms with van der Waals surface area (Å²) in [4.78, 5) is 0. The number of alkyl halides is 1. The molecule has 0 heterocycles. The number of halogens is 2. The quantitative estimate of drug-likeness (QED) is 0.407. The second kappa shape index (κ2) is 9.55. The highest BCUT2D eigenvalue weighted by molar-refractivity contribution is 14.1. The van der Waals surface area contributed by atoms with E-state index >= 15 is 0 Å². The van der Waals surface area contributed by atoms with Crippen LogP contribution in [-0.2, 0) is 6.54 Å².